The highest BCUT2D eigenvalue weighted by Crippen LogP contribution is 2.65. The zero-order chi connectivity index (χ0) is 21.3. The number of amides is 2. The maximum absolute atomic E-state index is 13.8. The first-order chi connectivity index (χ1) is 14.3. The molecule has 4 heteroatoms. The fraction of sp³-hybridized carbons (Fsp3) is 0.923. The van der Waals surface area contributed by atoms with Gasteiger partial charge in [-0.25, -0.2) is 0 Å². The predicted octanol–water partition coefficient (Wildman–Crippen LogP) is 4.91. The number of piperidine rings is 2. The van der Waals surface area contributed by atoms with Crippen LogP contribution in [0.4, 0.5) is 0 Å². The van der Waals surface area contributed by atoms with Crippen molar-refractivity contribution in [1.29, 1.82) is 0 Å². The third-order valence-corrected chi connectivity index (χ3v) is 10.8. The minimum Gasteiger partial charge on any atom is -0.353 e. The average molecular weight is 415 g/mol. The summed E-state index contributed by atoms with van der Waals surface area (Å²) in [5.74, 6) is 3.11. The van der Waals surface area contributed by atoms with Gasteiger partial charge in [-0.1, -0.05) is 13.8 Å². The molecule has 0 bridgehead atoms. The number of nitrogens with zero attached hydrogens (tertiary/aromatic N) is 1. The van der Waals surface area contributed by atoms with E-state index in [2.05, 4.69) is 37.9 Å². The van der Waals surface area contributed by atoms with E-state index in [4.69, 9.17) is 0 Å². The molecule has 0 aromatic heterocycles. The molecule has 9 atom stereocenters. The summed E-state index contributed by atoms with van der Waals surface area (Å²) in [5, 5.41) is 3.34. The van der Waals surface area contributed by atoms with Crippen LogP contribution in [0.5, 0.6) is 0 Å². The van der Waals surface area contributed by atoms with E-state index in [1.54, 1.807) is 0 Å². The van der Waals surface area contributed by atoms with Crippen LogP contribution in [0.2, 0.25) is 0 Å². The fourth-order valence-electron chi connectivity index (χ4n) is 9.14. The minimum atomic E-state index is 0.177. The Morgan fingerprint density at radius 3 is 2.33 bits per heavy atom. The van der Waals surface area contributed by atoms with Crippen LogP contribution in [0.3, 0.4) is 0 Å². The van der Waals surface area contributed by atoms with Crippen molar-refractivity contribution in [1.82, 2.24) is 10.2 Å². The zero-order valence-electron chi connectivity index (χ0n) is 19.6. The third kappa shape index (κ3) is 2.91. The third-order valence-electron chi connectivity index (χ3n) is 10.8. The molecule has 2 aliphatic heterocycles. The van der Waals surface area contributed by atoms with E-state index in [1.807, 2.05) is 0 Å². The summed E-state index contributed by atoms with van der Waals surface area (Å²) in [5.41, 5.74) is 0.437. The normalized spacial score (nSPS) is 50.9. The van der Waals surface area contributed by atoms with E-state index in [9.17, 15) is 9.59 Å². The minimum absolute atomic E-state index is 0.177. The average Bonchev–Trinajstić information content (AvgIpc) is 3.05. The number of carbonyl (C=O) groups excluding carboxylic acids is 2. The molecule has 0 spiro atoms. The van der Waals surface area contributed by atoms with Crippen LogP contribution in [0.15, 0.2) is 0 Å². The molecule has 3 aliphatic carbocycles. The van der Waals surface area contributed by atoms with Crippen molar-refractivity contribution in [2.24, 2.45) is 34.5 Å². The zero-order valence-corrected chi connectivity index (χ0v) is 19.6. The number of fused-ring (bicyclic) bond motifs is 5. The molecule has 5 aliphatic rings. The Balaban J connectivity index is 1.38. The Labute approximate surface area is 182 Å². The van der Waals surface area contributed by atoms with Gasteiger partial charge in [-0.3, -0.25) is 9.59 Å². The quantitative estimate of drug-likeness (QED) is 0.662. The molecule has 3 saturated carbocycles. The Bertz CT molecular complexity index is 712. The molecule has 2 unspecified atom stereocenters. The molecule has 1 N–H and O–H groups in total. The first kappa shape index (κ1) is 20.8. The number of nitrogens with one attached hydrogen (secondary N) is 1. The molecule has 168 valence electrons. The molecule has 2 amide bonds. The molecule has 2 heterocycles. The summed E-state index contributed by atoms with van der Waals surface area (Å²) >= 11 is 0. The second kappa shape index (κ2) is 7.24. The van der Waals surface area contributed by atoms with Crippen molar-refractivity contribution in [3.8, 4) is 0 Å². The van der Waals surface area contributed by atoms with E-state index in [0.29, 0.717) is 36.4 Å². The van der Waals surface area contributed by atoms with Crippen molar-refractivity contribution in [2.45, 2.75) is 116 Å². The van der Waals surface area contributed by atoms with Crippen LogP contribution in [-0.2, 0) is 9.59 Å². The molecule has 0 aromatic carbocycles. The molecule has 0 aromatic rings. The smallest absolute Gasteiger partial charge is 0.226 e. The second-order valence-electron chi connectivity index (χ2n) is 12.1. The lowest BCUT2D eigenvalue weighted by Gasteiger charge is -2.60. The Morgan fingerprint density at radius 2 is 1.60 bits per heavy atom. The van der Waals surface area contributed by atoms with Gasteiger partial charge >= 0.3 is 0 Å². The number of likely N-dealkylation sites (tertiary alicyclic amines) is 1. The van der Waals surface area contributed by atoms with Crippen molar-refractivity contribution in [2.75, 3.05) is 0 Å². The highest BCUT2D eigenvalue weighted by atomic mass is 16.2. The Morgan fingerprint density at radius 1 is 0.900 bits per heavy atom. The molecular formula is C26H42N2O2. The van der Waals surface area contributed by atoms with Crippen LogP contribution >= 0.6 is 0 Å². The molecule has 0 radical (unpaired) electrons. The van der Waals surface area contributed by atoms with E-state index in [0.717, 1.165) is 31.1 Å². The summed E-state index contributed by atoms with van der Waals surface area (Å²) in [7, 11) is 0. The summed E-state index contributed by atoms with van der Waals surface area (Å²) in [6.45, 7) is 9.46. The monoisotopic (exact) mass is 414 g/mol. The van der Waals surface area contributed by atoms with Crippen molar-refractivity contribution < 1.29 is 9.59 Å². The largest absolute Gasteiger partial charge is 0.353 e. The molecule has 5 fully saturated rings. The van der Waals surface area contributed by atoms with Gasteiger partial charge in [0.2, 0.25) is 11.8 Å². The van der Waals surface area contributed by atoms with Crippen molar-refractivity contribution >= 4 is 11.8 Å². The highest BCUT2D eigenvalue weighted by Gasteiger charge is 2.62. The van der Waals surface area contributed by atoms with E-state index in [-0.39, 0.29) is 22.7 Å². The van der Waals surface area contributed by atoms with E-state index < -0.39 is 0 Å². The van der Waals surface area contributed by atoms with Crippen LogP contribution in [0.25, 0.3) is 0 Å². The van der Waals surface area contributed by atoms with Gasteiger partial charge in [-0.15, -0.1) is 0 Å². The van der Waals surface area contributed by atoms with Gasteiger partial charge in [0.25, 0.3) is 0 Å². The maximum Gasteiger partial charge on any atom is 0.226 e. The van der Waals surface area contributed by atoms with Gasteiger partial charge in [-0.2, -0.15) is 0 Å². The van der Waals surface area contributed by atoms with Crippen molar-refractivity contribution in [3.63, 3.8) is 0 Å². The summed E-state index contributed by atoms with van der Waals surface area (Å²) in [6, 6.07) is 1.18. The van der Waals surface area contributed by atoms with Gasteiger partial charge in [0.1, 0.15) is 0 Å². The molecule has 5 rings (SSSR count). The standard InChI is InChI=1S/C26H42N2O2/c1-16-6-5-7-17(2)28(16)24(30)21-10-9-19-18-8-11-22-26(4,15-13-23(29)27-22)20(18)12-14-25(19,21)3/h16-22H,5-15H2,1-4H3,(H,27,29)/t16?,17?,18-,19-,20-,21+,22+,25-,26+/m0/s1. The van der Waals surface area contributed by atoms with Gasteiger partial charge in [0.15, 0.2) is 0 Å². The van der Waals surface area contributed by atoms with E-state index >= 15 is 0 Å². The Hall–Kier alpha value is -1.06. The SMILES string of the molecule is CC1CCCC(C)N1C(=O)[C@H]1CC[C@H]2[C@@H]3CC[C@H]4NC(=O)CC[C@]4(C)[C@H]3CC[C@]12C. The first-order valence-corrected chi connectivity index (χ1v) is 12.9. The Kier molecular flexibility index (Phi) is 5.02. The fourth-order valence-corrected chi connectivity index (χ4v) is 9.14. The molecule has 2 saturated heterocycles. The topological polar surface area (TPSA) is 49.4 Å². The number of carbonyl (C=O) groups is 2. The number of rotatable bonds is 1. The highest BCUT2D eigenvalue weighted by molar-refractivity contribution is 5.81. The van der Waals surface area contributed by atoms with Crippen LogP contribution in [0, 0.1) is 34.5 Å². The van der Waals surface area contributed by atoms with Crippen LogP contribution < -0.4 is 5.32 Å². The molecular weight excluding hydrogens is 372 g/mol. The van der Waals surface area contributed by atoms with Gasteiger partial charge in [-0.05, 0) is 107 Å². The summed E-state index contributed by atoms with van der Waals surface area (Å²) < 4.78 is 0. The van der Waals surface area contributed by atoms with Crippen LogP contribution in [0.1, 0.15) is 98.3 Å². The number of hydrogen-bond donors (Lipinski definition) is 1. The number of hydrogen-bond acceptors (Lipinski definition) is 2. The van der Waals surface area contributed by atoms with Crippen LogP contribution in [-0.4, -0.2) is 34.8 Å². The second-order valence-corrected chi connectivity index (χ2v) is 12.1. The van der Waals surface area contributed by atoms with Crippen molar-refractivity contribution in [3.05, 3.63) is 0 Å². The maximum atomic E-state index is 13.8. The molecule has 4 nitrogen and oxygen atoms in total. The van der Waals surface area contributed by atoms with Gasteiger partial charge in [0, 0.05) is 30.5 Å². The lowest BCUT2D eigenvalue weighted by molar-refractivity contribution is -0.152. The van der Waals surface area contributed by atoms with Gasteiger partial charge < -0.3 is 10.2 Å². The molecule has 30 heavy (non-hydrogen) atoms. The lowest BCUT2D eigenvalue weighted by atomic mass is 9.47. The summed E-state index contributed by atoms with van der Waals surface area (Å²) in [4.78, 5) is 28.1. The van der Waals surface area contributed by atoms with Gasteiger partial charge in [0.05, 0.1) is 0 Å². The predicted molar refractivity (Wildman–Crippen MR) is 119 cm³/mol. The van der Waals surface area contributed by atoms with E-state index in [1.165, 1.54) is 44.9 Å². The lowest BCUT2D eigenvalue weighted by Crippen LogP contribution is -2.61. The summed E-state index contributed by atoms with van der Waals surface area (Å²) in [6.07, 6.45) is 12.5. The first-order valence-electron chi connectivity index (χ1n) is 12.9.